The molecule has 39 heavy (non-hydrogen) atoms. The Kier molecular flexibility index (Phi) is 6.40. The fourth-order valence-electron chi connectivity index (χ4n) is 6.71. The number of nitrogens with one attached hydrogen (secondary N) is 1. The number of rotatable bonds is 7. The lowest BCUT2D eigenvalue weighted by Gasteiger charge is -2.36. The van der Waals surface area contributed by atoms with Crippen LogP contribution in [0.3, 0.4) is 0 Å². The molecule has 3 fully saturated rings. The number of H-pyrrole nitrogens is 1. The van der Waals surface area contributed by atoms with Crippen molar-refractivity contribution in [3.05, 3.63) is 58.6 Å². The number of aromatic amines is 1. The lowest BCUT2D eigenvalue weighted by Crippen LogP contribution is -2.44. The average Bonchev–Trinajstić information content (AvgIpc) is 3.67. The van der Waals surface area contributed by atoms with Gasteiger partial charge in [0, 0.05) is 48.4 Å². The van der Waals surface area contributed by atoms with E-state index in [-0.39, 0.29) is 34.1 Å². The highest BCUT2D eigenvalue weighted by molar-refractivity contribution is 5.96. The number of hydrogen-bond acceptors (Lipinski definition) is 7. The molecule has 2 bridgehead atoms. The van der Waals surface area contributed by atoms with Gasteiger partial charge < -0.3 is 14.2 Å². The summed E-state index contributed by atoms with van der Waals surface area (Å²) in [6, 6.07) is 9.28. The van der Waals surface area contributed by atoms with Gasteiger partial charge in [0.05, 0.1) is 6.20 Å². The van der Waals surface area contributed by atoms with Gasteiger partial charge in [-0.3, -0.25) is 9.59 Å². The second kappa shape index (κ2) is 9.66. The number of carbonyl (C=O) groups excluding carboxylic acids is 1. The minimum atomic E-state index is -1.69. The molecule has 10 heteroatoms. The molecule has 1 aliphatic heterocycles. The second-order valence-corrected chi connectivity index (χ2v) is 12.0. The molecule has 1 amide bonds. The Bertz CT molecular complexity index is 1410. The Balaban J connectivity index is 1.31. The fraction of sp³-hybridized carbons (Fsp3) is 0.552. The molecule has 2 aromatic heterocycles. The highest BCUT2D eigenvalue weighted by Crippen LogP contribution is 2.62. The first-order valence-corrected chi connectivity index (χ1v) is 13.7. The van der Waals surface area contributed by atoms with E-state index in [2.05, 4.69) is 20.3 Å². The topological polar surface area (TPSA) is 114 Å². The van der Waals surface area contributed by atoms with Gasteiger partial charge in [0.1, 0.15) is 0 Å². The van der Waals surface area contributed by atoms with E-state index in [0.29, 0.717) is 44.0 Å². The smallest absolute Gasteiger partial charge is 0.264 e. The molecule has 3 aliphatic rings. The lowest BCUT2D eigenvalue weighted by molar-refractivity contribution is -0.125. The third kappa shape index (κ3) is 4.90. The molecule has 2 saturated carbocycles. The van der Waals surface area contributed by atoms with Crippen LogP contribution in [0.5, 0.6) is 0 Å². The Labute approximate surface area is 226 Å². The van der Waals surface area contributed by atoms with Crippen LogP contribution in [-0.4, -0.2) is 46.0 Å². The van der Waals surface area contributed by atoms with Crippen molar-refractivity contribution in [2.75, 3.05) is 24.7 Å². The number of hydrogen-bond donors (Lipinski definition) is 1. The van der Waals surface area contributed by atoms with Crippen LogP contribution in [0.25, 0.3) is 11.1 Å². The quantitative estimate of drug-likeness (QED) is 0.467. The van der Waals surface area contributed by atoms with Crippen LogP contribution in [-0.2, 0) is 20.6 Å². The number of ether oxygens (including phenoxy) is 1. The number of carbonyl (C=O) groups is 1. The van der Waals surface area contributed by atoms with E-state index in [0.717, 1.165) is 43.4 Å². The van der Waals surface area contributed by atoms with Crippen molar-refractivity contribution in [2.45, 2.75) is 69.9 Å². The largest absolute Gasteiger partial charge is 0.381 e. The maximum Gasteiger partial charge on any atom is 0.264 e. The minimum Gasteiger partial charge on any atom is -0.381 e. The average molecular weight is 536 g/mol. The van der Waals surface area contributed by atoms with Gasteiger partial charge in [-0.2, -0.15) is 10.1 Å². The molecule has 0 atom stereocenters. The molecule has 9 nitrogen and oxygen atoms in total. The summed E-state index contributed by atoms with van der Waals surface area (Å²) in [7, 11) is 0. The van der Waals surface area contributed by atoms with Crippen LogP contribution in [0.15, 0.2) is 45.8 Å². The van der Waals surface area contributed by atoms with Gasteiger partial charge >= 0.3 is 0 Å². The number of halogens is 1. The first kappa shape index (κ1) is 25.9. The minimum absolute atomic E-state index is 0.0126. The van der Waals surface area contributed by atoms with Gasteiger partial charge in [-0.15, -0.1) is 0 Å². The van der Waals surface area contributed by atoms with Gasteiger partial charge in [-0.25, -0.2) is 9.49 Å². The van der Waals surface area contributed by atoms with Gasteiger partial charge in [-0.05, 0) is 81.9 Å². The summed E-state index contributed by atoms with van der Waals surface area (Å²) in [5, 5.41) is 10.6. The number of fused-ring (bicyclic) bond motifs is 2. The summed E-state index contributed by atoms with van der Waals surface area (Å²) in [6.07, 6.45) is 7.50. The van der Waals surface area contributed by atoms with Gasteiger partial charge in [0.15, 0.2) is 11.5 Å². The van der Waals surface area contributed by atoms with Crippen molar-refractivity contribution in [2.24, 2.45) is 11.3 Å². The molecule has 0 radical (unpaired) electrons. The summed E-state index contributed by atoms with van der Waals surface area (Å²) < 4.78 is 25.3. The molecule has 3 aromatic rings. The van der Waals surface area contributed by atoms with E-state index < -0.39 is 5.67 Å². The van der Waals surface area contributed by atoms with Crippen molar-refractivity contribution in [1.29, 1.82) is 0 Å². The predicted octanol–water partition coefficient (Wildman–Crippen LogP) is 4.69. The summed E-state index contributed by atoms with van der Waals surface area (Å²) in [5.41, 5.74) is 0.0288. The molecule has 0 spiro atoms. The van der Waals surface area contributed by atoms with Gasteiger partial charge in [0.2, 0.25) is 5.91 Å². The highest BCUT2D eigenvalue weighted by Gasteiger charge is 2.58. The SMILES string of the molecule is CC(C)(F)c1nc(C23CCC(CN(C(=O)C4CCOCC4)c4cccc(-c5cn[nH]c(=O)c5)c4)(CC2)C3)no1. The lowest BCUT2D eigenvalue weighted by atomic mass is 9.81. The van der Waals surface area contributed by atoms with E-state index in [1.807, 2.05) is 29.2 Å². The summed E-state index contributed by atoms with van der Waals surface area (Å²) >= 11 is 0. The maximum absolute atomic E-state index is 14.5. The van der Waals surface area contributed by atoms with Crippen LogP contribution in [0.1, 0.15) is 70.5 Å². The van der Waals surface area contributed by atoms with Crippen LogP contribution in [0, 0.1) is 11.3 Å². The Morgan fingerprint density at radius 2 is 1.92 bits per heavy atom. The standard InChI is InChI=1S/C29H34FN5O4/c1-27(2,30)26-32-25(34-39-26)29-10-8-28(17-29,9-11-29)18-35(24(37)19-6-12-38-13-7-19)22-5-3-4-20(14-22)21-15-23(36)33-31-16-21/h3-5,14-16,19H,6-13,17-18H2,1-2H3,(H,33,36). The zero-order valence-electron chi connectivity index (χ0n) is 22.4. The van der Waals surface area contributed by atoms with Gasteiger partial charge in [0.25, 0.3) is 11.4 Å². The summed E-state index contributed by atoms with van der Waals surface area (Å²) in [5.74, 6) is 0.616. The number of aromatic nitrogens is 4. The zero-order chi connectivity index (χ0) is 27.3. The van der Waals surface area contributed by atoms with Crippen LogP contribution in [0.4, 0.5) is 10.1 Å². The van der Waals surface area contributed by atoms with E-state index in [4.69, 9.17) is 9.26 Å². The Morgan fingerprint density at radius 3 is 2.62 bits per heavy atom. The van der Waals surface area contributed by atoms with Crippen molar-refractivity contribution < 1.29 is 18.4 Å². The molecule has 206 valence electrons. The van der Waals surface area contributed by atoms with Crippen molar-refractivity contribution >= 4 is 11.6 Å². The van der Waals surface area contributed by atoms with E-state index >= 15 is 0 Å². The Morgan fingerprint density at radius 1 is 1.15 bits per heavy atom. The van der Waals surface area contributed by atoms with Crippen molar-refractivity contribution in [3.8, 4) is 11.1 Å². The number of anilines is 1. The first-order valence-electron chi connectivity index (χ1n) is 13.7. The highest BCUT2D eigenvalue weighted by atomic mass is 19.1. The van der Waals surface area contributed by atoms with Crippen LogP contribution < -0.4 is 10.5 Å². The number of amides is 1. The summed E-state index contributed by atoms with van der Waals surface area (Å²) in [4.78, 5) is 32.4. The molecule has 1 saturated heterocycles. The molecule has 6 rings (SSSR count). The molecule has 3 heterocycles. The number of alkyl halides is 1. The molecular formula is C29H34FN5O4. The molecule has 1 aromatic carbocycles. The summed E-state index contributed by atoms with van der Waals surface area (Å²) in [6.45, 7) is 4.60. The maximum atomic E-state index is 14.5. The number of benzene rings is 1. The molecule has 1 N–H and O–H groups in total. The third-order valence-electron chi connectivity index (χ3n) is 8.88. The fourth-order valence-corrected chi connectivity index (χ4v) is 6.71. The van der Waals surface area contributed by atoms with E-state index in [1.165, 1.54) is 19.9 Å². The molecule has 2 aliphatic carbocycles. The second-order valence-electron chi connectivity index (χ2n) is 12.0. The van der Waals surface area contributed by atoms with Crippen molar-refractivity contribution in [3.63, 3.8) is 0 Å². The first-order chi connectivity index (χ1) is 18.7. The van der Waals surface area contributed by atoms with Crippen molar-refractivity contribution in [1.82, 2.24) is 20.3 Å². The van der Waals surface area contributed by atoms with E-state index in [1.54, 1.807) is 6.20 Å². The van der Waals surface area contributed by atoms with E-state index in [9.17, 15) is 14.0 Å². The zero-order valence-corrected chi connectivity index (χ0v) is 22.4. The van der Waals surface area contributed by atoms with Crippen LogP contribution in [0.2, 0.25) is 0 Å². The predicted molar refractivity (Wildman–Crippen MR) is 142 cm³/mol. The number of nitrogens with zero attached hydrogens (tertiary/aromatic N) is 4. The monoisotopic (exact) mass is 535 g/mol. The molecule has 0 unspecified atom stereocenters. The normalized spacial score (nSPS) is 25.2. The third-order valence-corrected chi connectivity index (χ3v) is 8.88. The van der Waals surface area contributed by atoms with Gasteiger partial charge in [-0.1, -0.05) is 17.3 Å². The molecular weight excluding hydrogens is 501 g/mol. The van der Waals surface area contributed by atoms with Crippen LogP contribution >= 0.6 is 0 Å². The Hall–Kier alpha value is -3.40.